The Labute approximate surface area is 157 Å². The summed E-state index contributed by atoms with van der Waals surface area (Å²) in [5.74, 6) is 1.59. The first-order valence-corrected chi connectivity index (χ1v) is 8.67. The molecule has 0 unspecified atom stereocenters. The third-order valence-electron chi connectivity index (χ3n) is 3.99. The molecule has 0 saturated heterocycles. The van der Waals surface area contributed by atoms with Crippen molar-refractivity contribution in [3.63, 3.8) is 0 Å². The van der Waals surface area contributed by atoms with Gasteiger partial charge in [-0.05, 0) is 55.5 Å². The minimum absolute atomic E-state index is 0.596. The first-order valence-electron chi connectivity index (χ1n) is 8.67. The van der Waals surface area contributed by atoms with Crippen molar-refractivity contribution < 1.29 is 4.74 Å². The van der Waals surface area contributed by atoms with Crippen LogP contribution in [0.4, 0.5) is 5.69 Å². The molecule has 1 N–H and O–H groups in total. The van der Waals surface area contributed by atoms with Gasteiger partial charge >= 0.3 is 0 Å². The molecule has 27 heavy (non-hydrogen) atoms. The number of hydrogen-bond donors (Lipinski definition) is 1. The Balaban J connectivity index is 1.40. The van der Waals surface area contributed by atoms with Crippen molar-refractivity contribution in [1.82, 2.24) is 20.0 Å². The van der Waals surface area contributed by atoms with Crippen LogP contribution in [0.15, 0.2) is 79.1 Å². The lowest BCUT2D eigenvalue weighted by Gasteiger charge is -2.06. The van der Waals surface area contributed by atoms with Gasteiger partial charge in [0, 0.05) is 17.6 Å². The van der Waals surface area contributed by atoms with E-state index in [0.717, 1.165) is 34.3 Å². The van der Waals surface area contributed by atoms with Crippen LogP contribution in [0, 0.1) is 6.92 Å². The smallest absolute Gasteiger partial charge is 0.127 e. The molecule has 0 spiro atoms. The number of aromatic nitrogens is 4. The fourth-order valence-corrected chi connectivity index (χ4v) is 2.65. The highest BCUT2D eigenvalue weighted by atomic mass is 16.5. The molecule has 2 heterocycles. The Morgan fingerprint density at radius 1 is 0.963 bits per heavy atom. The number of rotatable bonds is 6. The second kappa shape index (κ2) is 7.70. The SMILES string of the molecule is Cc1cc(NCc2cn(-c3ccc(Oc4ccccc4)cc3)nn2)ccn1. The third-order valence-corrected chi connectivity index (χ3v) is 3.99. The van der Waals surface area contributed by atoms with Crippen molar-refractivity contribution in [1.29, 1.82) is 0 Å². The molecule has 4 aromatic rings. The lowest BCUT2D eigenvalue weighted by Crippen LogP contribution is -2.00. The third kappa shape index (κ3) is 4.30. The number of para-hydroxylation sites is 1. The van der Waals surface area contributed by atoms with Gasteiger partial charge in [0.1, 0.15) is 17.2 Å². The van der Waals surface area contributed by atoms with Crippen LogP contribution in [0.1, 0.15) is 11.4 Å². The molecule has 0 saturated carbocycles. The van der Waals surface area contributed by atoms with Crippen molar-refractivity contribution in [3.8, 4) is 17.2 Å². The van der Waals surface area contributed by atoms with Gasteiger partial charge in [0.15, 0.2) is 0 Å². The van der Waals surface area contributed by atoms with E-state index in [1.807, 2.05) is 79.9 Å². The van der Waals surface area contributed by atoms with Crippen LogP contribution in [0.3, 0.4) is 0 Å². The molecule has 6 heteroatoms. The Bertz CT molecular complexity index is 1010. The molecule has 0 radical (unpaired) electrons. The minimum Gasteiger partial charge on any atom is -0.457 e. The molecular formula is C21H19N5O. The van der Waals surface area contributed by atoms with Crippen LogP contribution in [0.2, 0.25) is 0 Å². The average molecular weight is 357 g/mol. The topological polar surface area (TPSA) is 64.9 Å². The maximum atomic E-state index is 5.81. The van der Waals surface area contributed by atoms with Crippen LogP contribution in [-0.4, -0.2) is 20.0 Å². The van der Waals surface area contributed by atoms with E-state index in [9.17, 15) is 0 Å². The second-order valence-electron chi connectivity index (χ2n) is 6.10. The predicted octanol–water partition coefficient (Wildman–Crippen LogP) is 4.38. The van der Waals surface area contributed by atoms with Crippen molar-refractivity contribution in [3.05, 3.63) is 90.5 Å². The highest BCUT2D eigenvalue weighted by Gasteiger charge is 2.04. The van der Waals surface area contributed by atoms with Gasteiger partial charge in [-0.25, -0.2) is 4.68 Å². The number of aryl methyl sites for hydroxylation is 1. The van der Waals surface area contributed by atoms with Gasteiger partial charge < -0.3 is 10.1 Å². The largest absolute Gasteiger partial charge is 0.457 e. The van der Waals surface area contributed by atoms with Gasteiger partial charge in [0.25, 0.3) is 0 Å². The summed E-state index contributed by atoms with van der Waals surface area (Å²) >= 11 is 0. The van der Waals surface area contributed by atoms with Crippen molar-refractivity contribution in [2.45, 2.75) is 13.5 Å². The molecule has 0 bridgehead atoms. The van der Waals surface area contributed by atoms with Crippen LogP contribution in [0.5, 0.6) is 11.5 Å². The fourth-order valence-electron chi connectivity index (χ4n) is 2.65. The predicted molar refractivity (Wildman–Crippen MR) is 104 cm³/mol. The van der Waals surface area contributed by atoms with E-state index >= 15 is 0 Å². The molecule has 0 fully saturated rings. The molecule has 0 aliphatic carbocycles. The summed E-state index contributed by atoms with van der Waals surface area (Å²) in [6.45, 7) is 2.56. The lowest BCUT2D eigenvalue weighted by molar-refractivity contribution is 0.482. The highest BCUT2D eigenvalue weighted by molar-refractivity contribution is 5.43. The summed E-state index contributed by atoms with van der Waals surface area (Å²) in [5, 5.41) is 11.8. The lowest BCUT2D eigenvalue weighted by atomic mass is 10.3. The summed E-state index contributed by atoms with van der Waals surface area (Å²) < 4.78 is 7.56. The van der Waals surface area contributed by atoms with Gasteiger partial charge in [-0.3, -0.25) is 4.98 Å². The van der Waals surface area contributed by atoms with E-state index in [4.69, 9.17) is 4.74 Å². The summed E-state index contributed by atoms with van der Waals surface area (Å²) in [4.78, 5) is 4.19. The highest BCUT2D eigenvalue weighted by Crippen LogP contribution is 2.22. The summed E-state index contributed by atoms with van der Waals surface area (Å²) in [7, 11) is 0. The van der Waals surface area contributed by atoms with Crippen LogP contribution >= 0.6 is 0 Å². The second-order valence-corrected chi connectivity index (χ2v) is 6.10. The van der Waals surface area contributed by atoms with E-state index in [-0.39, 0.29) is 0 Å². The van der Waals surface area contributed by atoms with Crippen LogP contribution in [0.25, 0.3) is 5.69 Å². The molecule has 0 aliphatic rings. The molecule has 0 atom stereocenters. The minimum atomic E-state index is 0.596. The number of ether oxygens (including phenoxy) is 1. The van der Waals surface area contributed by atoms with Gasteiger partial charge in [0.05, 0.1) is 18.4 Å². The number of pyridine rings is 1. The Hall–Kier alpha value is -3.67. The average Bonchev–Trinajstić information content (AvgIpc) is 3.17. The molecule has 6 nitrogen and oxygen atoms in total. The zero-order valence-electron chi connectivity index (χ0n) is 14.9. The van der Waals surface area contributed by atoms with Crippen molar-refractivity contribution >= 4 is 5.69 Å². The van der Waals surface area contributed by atoms with Crippen molar-refractivity contribution in [2.24, 2.45) is 0 Å². The number of nitrogens with zero attached hydrogens (tertiary/aromatic N) is 4. The normalized spacial score (nSPS) is 10.6. The molecule has 134 valence electrons. The van der Waals surface area contributed by atoms with Gasteiger partial charge in [-0.1, -0.05) is 23.4 Å². The summed E-state index contributed by atoms with van der Waals surface area (Å²) in [5.41, 5.74) is 3.77. The zero-order valence-corrected chi connectivity index (χ0v) is 14.9. The number of anilines is 1. The molecular weight excluding hydrogens is 338 g/mol. The monoisotopic (exact) mass is 357 g/mol. The van der Waals surface area contributed by atoms with Crippen LogP contribution < -0.4 is 10.1 Å². The zero-order chi connectivity index (χ0) is 18.5. The van der Waals surface area contributed by atoms with Crippen LogP contribution in [-0.2, 0) is 6.54 Å². The van der Waals surface area contributed by atoms with E-state index in [0.29, 0.717) is 6.54 Å². The van der Waals surface area contributed by atoms with E-state index in [2.05, 4.69) is 20.6 Å². The Kier molecular flexibility index (Phi) is 4.78. The first-order chi connectivity index (χ1) is 13.3. The van der Waals surface area contributed by atoms with E-state index in [1.54, 1.807) is 10.9 Å². The standard InChI is InChI=1S/C21H19N5O/c1-16-13-17(11-12-22-16)23-14-18-15-26(25-24-18)19-7-9-21(10-8-19)27-20-5-3-2-4-6-20/h2-13,15H,14H2,1H3,(H,22,23). The molecule has 4 rings (SSSR count). The van der Waals surface area contributed by atoms with Gasteiger partial charge in [-0.15, -0.1) is 5.10 Å². The number of nitrogens with one attached hydrogen (secondary N) is 1. The first kappa shape index (κ1) is 16.8. The van der Waals surface area contributed by atoms with Gasteiger partial charge in [-0.2, -0.15) is 0 Å². The molecule has 2 aromatic carbocycles. The van der Waals surface area contributed by atoms with Crippen molar-refractivity contribution in [2.75, 3.05) is 5.32 Å². The van der Waals surface area contributed by atoms with E-state index < -0.39 is 0 Å². The number of hydrogen-bond acceptors (Lipinski definition) is 5. The molecule has 0 aliphatic heterocycles. The summed E-state index contributed by atoms with van der Waals surface area (Å²) in [6.07, 6.45) is 3.70. The van der Waals surface area contributed by atoms with Gasteiger partial charge in [0.2, 0.25) is 0 Å². The fraction of sp³-hybridized carbons (Fsp3) is 0.0952. The Morgan fingerprint density at radius 2 is 1.74 bits per heavy atom. The summed E-state index contributed by atoms with van der Waals surface area (Å²) in [6, 6.07) is 21.4. The maximum Gasteiger partial charge on any atom is 0.127 e. The quantitative estimate of drug-likeness (QED) is 0.555. The number of benzene rings is 2. The van der Waals surface area contributed by atoms with E-state index in [1.165, 1.54) is 0 Å². The maximum absolute atomic E-state index is 5.81. The molecule has 0 amide bonds. The molecule has 2 aromatic heterocycles. The Morgan fingerprint density at radius 3 is 2.52 bits per heavy atom.